The lowest BCUT2D eigenvalue weighted by atomic mass is 10.1. The molecule has 0 unspecified atom stereocenters. The van der Waals surface area contributed by atoms with Crippen LogP contribution in [0.4, 0.5) is 14.5 Å². The molecule has 0 aliphatic heterocycles. The number of halogens is 2. The first-order chi connectivity index (χ1) is 11.1. The molecule has 0 atom stereocenters. The molecular formula is C17H17F2NO3. The number of nitrogens with one attached hydrogen (secondary N) is 1. The molecule has 4 nitrogen and oxygen atoms in total. The van der Waals surface area contributed by atoms with Gasteiger partial charge in [-0.1, -0.05) is 24.3 Å². The lowest BCUT2D eigenvalue weighted by molar-refractivity contribution is -0.115. The number of ether oxygens (including phenoxy) is 1. The van der Waals surface area contributed by atoms with Crippen LogP contribution in [0.2, 0.25) is 0 Å². The first kappa shape index (κ1) is 16.9. The van der Waals surface area contributed by atoms with Crippen molar-refractivity contribution < 1.29 is 23.4 Å². The fourth-order valence-electron chi connectivity index (χ4n) is 2.06. The van der Waals surface area contributed by atoms with E-state index < -0.39 is 6.61 Å². The first-order valence-electron chi connectivity index (χ1n) is 7.10. The number of hydrogen-bond donors (Lipinski definition) is 2. The molecule has 1 amide bonds. The molecule has 0 radical (unpaired) electrons. The number of amides is 1. The van der Waals surface area contributed by atoms with Crippen LogP contribution in [0.15, 0.2) is 48.5 Å². The average Bonchev–Trinajstić information content (AvgIpc) is 2.51. The quantitative estimate of drug-likeness (QED) is 0.824. The van der Waals surface area contributed by atoms with Crippen molar-refractivity contribution in [2.45, 2.75) is 19.5 Å². The predicted molar refractivity (Wildman–Crippen MR) is 82.6 cm³/mol. The monoisotopic (exact) mass is 321 g/mol. The minimum Gasteiger partial charge on any atom is -0.435 e. The molecular weight excluding hydrogens is 304 g/mol. The van der Waals surface area contributed by atoms with Crippen LogP contribution in [0, 0.1) is 0 Å². The van der Waals surface area contributed by atoms with Crippen LogP contribution >= 0.6 is 0 Å². The van der Waals surface area contributed by atoms with E-state index in [0.29, 0.717) is 17.7 Å². The molecule has 0 heterocycles. The molecule has 23 heavy (non-hydrogen) atoms. The van der Waals surface area contributed by atoms with Crippen molar-refractivity contribution >= 4 is 11.6 Å². The molecule has 0 saturated carbocycles. The summed E-state index contributed by atoms with van der Waals surface area (Å²) < 4.78 is 28.3. The smallest absolute Gasteiger partial charge is 0.387 e. The average molecular weight is 321 g/mol. The molecule has 6 heteroatoms. The van der Waals surface area contributed by atoms with Gasteiger partial charge in [-0.3, -0.25) is 4.79 Å². The highest BCUT2D eigenvalue weighted by molar-refractivity contribution is 5.92. The summed E-state index contributed by atoms with van der Waals surface area (Å²) in [7, 11) is 0. The third-order valence-electron chi connectivity index (χ3n) is 3.15. The van der Waals surface area contributed by atoms with Crippen LogP contribution in [-0.2, 0) is 17.6 Å². The van der Waals surface area contributed by atoms with Crippen LogP contribution in [-0.4, -0.2) is 24.2 Å². The maximum absolute atomic E-state index is 12.1. The van der Waals surface area contributed by atoms with Crippen molar-refractivity contribution in [2.75, 3.05) is 11.9 Å². The predicted octanol–water partition coefficient (Wildman–Crippen LogP) is 3.00. The Morgan fingerprint density at radius 3 is 2.22 bits per heavy atom. The highest BCUT2D eigenvalue weighted by Crippen LogP contribution is 2.16. The number of benzene rings is 2. The summed E-state index contributed by atoms with van der Waals surface area (Å²) in [5.74, 6) is -0.147. The van der Waals surface area contributed by atoms with Crippen LogP contribution in [0.3, 0.4) is 0 Å². The van der Waals surface area contributed by atoms with E-state index >= 15 is 0 Å². The molecule has 0 aromatic heterocycles. The highest BCUT2D eigenvalue weighted by atomic mass is 19.3. The van der Waals surface area contributed by atoms with E-state index in [0.717, 1.165) is 5.56 Å². The number of rotatable bonds is 7. The number of carbonyl (C=O) groups is 1. The van der Waals surface area contributed by atoms with Gasteiger partial charge in [-0.25, -0.2) is 0 Å². The fraction of sp³-hybridized carbons (Fsp3) is 0.235. The Labute approximate surface area is 132 Å². The summed E-state index contributed by atoms with van der Waals surface area (Å²) in [6.07, 6.45) is 0.703. The maximum Gasteiger partial charge on any atom is 0.387 e. The SMILES string of the molecule is O=C(Cc1ccc(OC(F)F)cc1)Nc1ccc(CCO)cc1. The van der Waals surface area contributed by atoms with Gasteiger partial charge in [0.25, 0.3) is 0 Å². The van der Waals surface area contributed by atoms with Gasteiger partial charge in [0, 0.05) is 12.3 Å². The molecule has 0 aliphatic carbocycles. The Balaban J connectivity index is 1.88. The topological polar surface area (TPSA) is 58.6 Å². The molecule has 2 aromatic carbocycles. The summed E-state index contributed by atoms with van der Waals surface area (Å²) in [5, 5.41) is 11.6. The number of aliphatic hydroxyl groups excluding tert-OH is 1. The van der Waals surface area contributed by atoms with E-state index in [1.165, 1.54) is 12.1 Å². The van der Waals surface area contributed by atoms with Crippen LogP contribution < -0.4 is 10.1 Å². The largest absolute Gasteiger partial charge is 0.435 e. The summed E-state index contributed by atoms with van der Waals surface area (Å²) >= 11 is 0. The molecule has 2 rings (SSSR count). The van der Waals surface area contributed by atoms with Gasteiger partial charge >= 0.3 is 6.61 Å². The van der Waals surface area contributed by atoms with E-state index in [2.05, 4.69) is 10.1 Å². The summed E-state index contributed by atoms with van der Waals surface area (Å²) in [6, 6.07) is 13.1. The van der Waals surface area contributed by atoms with Gasteiger partial charge in [-0.2, -0.15) is 8.78 Å². The molecule has 122 valence electrons. The first-order valence-corrected chi connectivity index (χ1v) is 7.10. The van der Waals surface area contributed by atoms with E-state index in [4.69, 9.17) is 5.11 Å². The zero-order valence-electron chi connectivity index (χ0n) is 12.3. The van der Waals surface area contributed by atoms with Crippen molar-refractivity contribution in [1.29, 1.82) is 0 Å². The molecule has 2 aromatic rings. The van der Waals surface area contributed by atoms with E-state index in [9.17, 15) is 13.6 Å². The maximum atomic E-state index is 12.1. The third-order valence-corrected chi connectivity index (χ3v) is 3.15. The molecule has 2 N–H and O–H groups in total. The summed E-state index contributed by atoms with van der Waals surface area (Å²) in [4.78, 5) is 12.0. The van der Waals surface area contributed by atoms with Gasteiger partial charge in [0.1, 0.15) is 5.75 Å². The standard InChI is InChI=1S/C17H17F2NO3/c18-17(19)23-15-7-3-13(4-8-15)11-16(22)20-14-5-1-12(2-6-14)9-10-21/h1-8,17,21H,9-11H2,(H,20,22). The number of hydrogen-bond acceptors (Lipinski definition) is 3. The Hall–Kier alpha value is -2.47. The van der Waals surface area contributed by atoms with Crippen LogP contribution in [0.25, 0.3) is 0 Å². The van der Waals surface area contributed by atoms with Gasteiger partial charge < -0.3 is 15.2 Å². The molecule has 0 aliphatic rings. The fourth-order valence-corrected chi connectivity index (χ4v) is 2.06. The number of alkyl halides is 2. The number of aliphatic hydroxyl groups is 1. The Kier molecular flexibility index (Phi) is 6.05. The Bertz CT molecular complexity index is 627. The number of anilines is 1. The minimum absolute atomic E-state index is 0.0589. The van der Waals surface area contributed by atoms with Crippen molar-refractivity contribution in [3.63, 3.8) is 0 Å². The molecule has 0 bridgehead atoms. The Morgan fingerprint density at radius 2 is 1.65 bits per heavy atom. The van der Waals surface area contributed by atoms with Crippen molar-refractivity contribution in [3.8, 4) is 5.75 Å². The lowest BCUT2D eigenvalue weighted by Gasteiger charge is -2.08. The van der Waals surface area contributed by atoms with Crippen LogP contribution in [0.5, 0.6) is 5.75 Å². The van der Waals surface area contributed by atoms with Gasteiger partial charge in [0.15, 0.2) is 0 Å². The zero-order valence-corrected chi connectivity index (χ0v) is 12.3. The summed E-state index contributed by atoms with van der Waals surface area (Å²) in [6.45, 7) is -2.78. The van der Waals surface area contributed by atoms with E-state index in [1.54, 1.807) is 24.3 Å². The van der Waals surface area contributed by atoms with Crippen molar-refractivity contribution in [2.24, 2.45) is 0 Å². The lowest BCUT2D eigenvalue weighted by Crippen LogP contribution is -2.14. The second-order valence-corrected chi connectivity index (χ2v) is 4.92. The van der Waals surface area contributed by atoms with Gasteiger partial charge in [0.2, 0.25) is 5.91 Å². The minimum atomic E-state index is -2.86. The van der Waals surface area contributed by atoms with Gasteiger partial charge in [0.05, 0.1) is 6.42 Å². The summed E-state index contributed by atoms with van der Waals surface area (Å²) in [5.41, 5.74) is 2.34. The van der Waals surface area contributed by atoms with Gasteiger partial charge in [-0.05, 0) is 41.8 Å². The second-order valence-electron chi connectivity index (χ2n) is 4.92. The molecule has 0 fully saturated rings. The van der Waals surface area contributed by atoms with E-state index in [1.807, 2.05) is 12.1 Å². The molecule has 0 saturated heterocycles. The second kappa shape index (κ2) is 8.24. The highest BCUT2D eigenvalue weighted by Gasteiger charge is 2.07. The van der Waals surface area contributed by atoms with Gasteiger partial charge in [-0.15, -0.1) is 0 Å². The zero-order chi connectivity index (χ0) is 16.7. The van der Waals surface area contributed by atoms with Crippen molar-refractivity contribution in [3.05, 3.63) is 59.7 Å². The number of carbonyl (C=O) groups excluding carboxylic acids is 1. The third kappa shape index (κ3) is 5.67. The van der Waals surface area contributed by atoms with E-state index in [-0.39, 0.29) is 24.7 Å². The molecule has 0 spiro atoms. The normalized spacial score (nSPS) is 10.6. The van der Waals surface area contributed by atoms with Crippen molar-refractivity contribution in [1.82, 2.24) is 0 Å². The van der Waals surface area contributed by atoms with Crippen LogP contribution in [0.1, 0.15) is 11.1 Å². The Morgan fingerprint density at radius 1 is 1.04 bits per heavy atom.